The highest BCUT2D eigenvalue weighted by Crippen LogP contribution is 2.14. The molecular formula is C8H8ClN3. The maximum Gasteiger partial charge on any atom is 0.128 e. The highest BCUT2D eigenvalue weighted by atomic mass is 35.5. The minimum absolute atomic E-state index is 0.401. The summed E-state index contributed by atoms with van der Waals surface area (Å²) in [5, 5.41) is 0.644. The minimum Gasteiger partial charge on any atom is -0.324 e. The van der Waals surface area contributed by atoms with Crippen LogP contribution in [0.2, 0.25) is 5.15 Å². The molecule has 2 N–H and O–H groups in total. The van der Waals surface area contributed by atoms with Crippen molar-refractivity contribution in [2.45, 2.75) is 6.54 Å². The lowest BCUT2D eigenvalue weighted by Gasteiger charge is -1.99. The number of imidazole rings is 1. The molecule has 12 heavy (non-hydrogen) atoms. The van der Waals surface area contributed by atoms with E-state index in [0.717, 1.165) is 11.3 Å². The molecule has 0 aromatic carbocycles. The van der Waals surface area contributed by atoms with Crippen LogP contribution < -0.4 is 5.73 Å². The number of hydrogen-bond acceptors (Lipinski definition) is 2. The van der Waals surface area contributed by atoms with Gasteiger partial charge in [0.15, 0.2) is 0 Å². The van der Waals surface area contributed by atoms with Gasteiger partial charge in [-0.25, -0.2) is 4.98 Å². The standard InChI is InChI=1S/C8H8ClN3/c9-7-3-1-2-6-5-11-8(4-10)12(6)7/h1-3,5H,4,10H2. The number of hydrogen-bond donors (Lipinski definition) is 1. The SMILES string of the molecule is NCc1ncc2cccc(Cl)n12. The third-order valence-corrected chi connectivity index (χ3v) is 2.05. The Kier molecular flexibility index (Phi) is 1.75. The fraction of sp³-hybridized carbons (Fsp3) is 0.125. The van der Waals surface area contributed by atoms with Crippen molar-refractivity contribution in [2.24, 2.45) is 5.73 Å². The summed E-state index contributed by atoms with van der Waals surface area (Å²) in [7, 11) is 0. The maximum atomic E-state index is 5.95. The van der Waals surface area contributed by atoms with E-state index in [4.69, 9.17) is 17.3 Å². The first kappa shape index (κ1) is 7.58. The highest BCUT2D eigenvalue weighted by Gasteiger charge is 2.02. The van der Waals surface area contributed by atoms with E-state index < -0.39 is 0 Å². The number of rotatable bonds is 1. The lowest BCUT2D eigenvalue weighted by atomic mass is 10.4. The topological polar surface area (TPSA) is 43.3 Å². The van der Waals surface area contributed by atoms with Gasteiger partial charge in [0.1, 0.15) is 11.0 Å². The Morgan fingerprint density at radius 1 is 1.50 bits per heavy atom. The largest absolute Gasteiger partial charge is 0.324 e. The smallest absolute Gasteiger partial charge is 0.128 e. The third-order valence-electron chi connectivity index (χ3n) is 1.76. The monoisotopic (exact) mass is 181 g/mol. The van der Waals surface area contributed by atoms with E-state index in [1.54, 1.807) is 6.20 Å². The van der Waals surface area contributed by atoms with Crippen LogP contribution in [-0.4, -0.2) is 9.38 Å². The zero-order chi connectivity index (χ0) is 8.55. The maximum absolute atomic E-state index is 5.95. The van der Waals surface area contributed by atoms with E-state index >= 15 is 0 Å². The van der Waals surface area contributed by atoms with Crippen LogP contribution in [0.3, 0.4) is 0 Å². The van der Waals surface area contributed by atoms with E-state index in [1.165, 1.54) is 0 Å². The summed E-state index contributed by atoms with van der Waals surface area (Å²) in [5.74, 6) is 0.788. The number of halogens is 1. The average molecular weight is 182 g/mol. The van der Waals surface area contributed by atoms with Crippen molar-refractivity contribution in [3.63, 3.8) is 0 Å². The van der Waals surface area contributed by atoms with Crippen molar-refractivity contribution in [1.29, 1.82) is 0 Å². The second-order valence-electron chi connectivity index (χ2n) is 2.49. The van der Waals surface area contributed by atoms with E-state index in [2.05, 4.69) is 4.98 Å². The van der Waals surface area contributed by atoms with Crippen molar-refractivity contribution in [3.8, 4) is 0 Å². The Labute approximate surface area is 74.8 Å². The van der Waals surface area contributed by atoms with Crippen LogP contribution in [0.25, 0.3) is 5.52 Å². The molecule has 0 saturated heterocycles. The Balaban J connectivity index is 2.83. The van der Waals surface area contributed by atoms with Crippen LogP contribution in [0, 0.1) is 0 Å². The predicted octanol–water partition coefficient (Wildman–Crippen LogP) is 1.45. The van der Waals surface area contributed by atoms with Crippen LogP contribution in [0.5, 0.6) is 0 Å². The molecular weight excluding hydrogens is 174 g/mol. The van der Waals surface area contributed by atoms with E-state index in [9.17, 15) is 0 Å². The van der Waals surface area contributed by atoms with Gasteiger partial charge >= 0.3 is 0 Å². The molecule has 0 atom stereocenters. The molecule has 0 aliphatic rings. The molecule has 0 unspecified atom stereocenters. The second kappa shape index (κ2) is 2.77. The summed E-state index contributed by atoms with van der Waals surface area (Å²) < 4.78 is 1.83. The summed E-state index contributed by atoms with van der Waals surface area (Å²) in [6.07, 6.45) is 1.76. The van der Waals surface area contributed by atoms with Crippen molar-refractivity contribution >= 4 is 17.1 Å². The molecule has 0 aliphatic heterocycles. The first-order valence-electron chi connectivity index (χ1n) is 3.64. The fourth-order valence-electron chi connectivity index (χ4n) is 1.21. The van der Waals surface area contributed by atoms with Gasteiger partial charge in [-0.2, -0.15) is 0 Å². The van der Waals surface area contributed by atoms with Gasteiger partial charge in [0.2, 0.25) is 0 Å². The molecule has 62 valence electrons. The summed E-state index contributed by atoms with van der Waals surface area (Å²) in [6, 6.07) is 5.65. The second-order valence-corrected chi connectivity index (χ2v) is 2.87. The van der Waals surface area contributed by atoms with Crippen molar-refractivity contribution in [1.82, 2.24) is 9.38 Å². The highest BCUT2D eigenvalue weighted by molar-refractivity contribution is 6.29. The molecule has 2 aromatic heterocycles. The van der Waals surface area contributed by atoms with Crippen molar-refractivity contribution in [2.75, 3.05) is 0 Å². The van der Waals surface area contributed by atoms with Crippen LogP contribution in [0.1, 0.15) is 5.82 Å². The quantitative estimate of drug-likeness (QED) is 0.677. The Bertz CT molecular complexity index is 408. The van der Waals surface area contributed by atoms with Crippen LogP contribution in [-0.2, 0) is 6.54 Å². The number of pyridine rings is 1. The number of nitrogens with zero attached hydrogens (tertiary/aromatic N) is 2. The Morgan fingerprint density at radius 2 is 2.33 bits per heavy atom. The average Bonchev–Trinajstić information content (AvgIpc) is 2.49. The van der Waals surface area contributed by atoms with Gasteiger partial charge in [0.25, 0.3) is 0 Å². The predicted molar refractivity (Wildman–Crippen MR) is 48.1 cm³/mol. The molecule has 0 fully saturated rings. The summed E-state index contributed by atoms with van der Waals surface area (Å²) in [4.78, 5) is 4.13. The van der Waals surface area contributed by atoms with Gasteiger partial charge in [0.05, 0.1) is 18.3 Å². The van der Waals surface area contributed by atoms with Crippen LogP contribution in [0.15, 0.2) is 24.4 Å². The lowest BCUT2D eigenvalue weighted by molar-refractivity contribution is 0.904. The van der Waals surface area contributed by atoms with Crippen molar-refractivity contribution < 1.29 is 0 Å². The summed E-state index contributed by atoms with van der Waals surface area (Å²) >= 11 is 5.95. The number of nitrogens with two attached hydrogens (primary N) is 1. The van der Waals surface area contributed by atoms with Crippen LogP contribution in [0.4, 0.5) is 0 Å². The third kappa shape index (κ3) is 0.983. The van der Waals surface area contributed by atoms with Gasteiger partial charge in [-0.15, -0.1) is 0 Å². The Hall–Kier alpha value is -1.06. The molecule has 0 spiro atoms. The van der Waals surface area contributed by atoms with Gasteiger partial charge in [-0.3, -0.25) is 4.40 Å². The first-order valence-corrected chi connectivity index (χ1v) is 4.01. The minimum atomic E-state index is 0.401. The van der Waals surface area contributed by atoms with Gasteiger partial charge < -0.3 is 5.73 Å². The van der Waals surface area contributed by atoms with E-state index in [-0.39, 0.29) is 0 Å². The molecule has 4 heteroatoms. The van der Waals surface area contributed by atoms with Gasteiger partial charge in [0, 0.05) is 0 Å². The first-order chi connectivity index (χ1) is 5.83. The zero-order valence-electron chi connectivity index (χ0n) is 6.37. The Morgan fingerprint density at radius 3 is 3.08 bits per heavy atom. The molecule has 0 bridgehead atoms. The molecule has 0 saturated carbocycles. The number of aromatic nitrogens is 2. The van der Waals surface area contributed by atoms with Gasteiger partial charge in [-0.05, 0) is 12.1 Å². The molecule has 2 rings (SSSR count). The zero-order valence-corrected chi connectivity index (χ0v) is 7.12. The van der Waals surface area contributed by atoms with Gasteiger partial charge in [-0.1, -0.05) is 17.7 Å². The number of fused-ring (bicyclic) bond motifs is 1. The molecule has 0 radical (unpaired) electrons. The fourth-order valence-corrected chi connectivity index (χ4v) is 1.48. The summed E-state index contributed by atoms with van der Waals surface area (Å²) in [6.45, 7) is 0.401. The molecule has 3 nitrogen and oxygen atoms in total. The molecule has 2 heterocycles. The van der Waals surface area contributed by atoms with Crippen LogP contribution >= 0.6 is 11.6 Å². The lowest BCUT2D eigenvalue weighted by Crippen LogP contribution is -2.02. The molecule has 2 aromatic rings. The summed E-state index contributed by atoms with van der Waals surface area (Å²) in [5.41, 5.74) is 6.46. The molecule has 0 amide bonds. The normalized spacial score (nSPS) is 10.8. The van der Waals surface area contributed by atoms with E-state index in [0.29, 0.717) is 11.7 Å². The van der Waals surface area contributed by atoms with E-state index in [1.807, 2.05) is 22.6 Å². The van der Waals surface area contributed by atoms with Crippen molar-refractivity contribution in [3.05, 3.63) is 35.4 Å². The molecule has 0 aliphatic carbocycles.